The molecule has 0 radical (unpaired) electrons. The summed E-state index contributed by atoms with van der Waals surface area (Å²) in [7, 11) is -3.37. The van der Waals surface area contributed by atoms with Gasteiger partial charge in [0.05, 0.1) is 17.5 Å². The molecule has 0 aliphatic carbocycles. The molecule has 7 heteroatoms. The fourth-order valence-corrected chi connectivity index (χ4v) is 3.65. The van der Waals surface area contributed by atoms with Crippen molar-refractivity contribution < 1.29 is 17.9 Å². The third-order valence-corrected chi connectivity index (χ3v) is 4.93. The van der Waals surface area contributed by atoms with Crippen LogP contribution in [0.5, 0.6) is 11.5 Å². The zero-order valence-corrected chi connectivity index (χ0v) is 16.1. The molecular formula is C21H18N2O4S. The first kappa shape index (κ1) is 18.1. The molecule has 0 saturated heterocycles. The van der Waals surface area contributed by atoms with E-state index in [4.69, 9.17) is 4.74 Å². The highest BCUT2D eigenvalue weighted by Crippen LogP contribution is 2.38. The van der Waals surface area contributed by atoms with Crippen molar-refractivity contribution >= 4 is 27.3 Å². The lowest BCUT2D eigenvalue weighted by Crippen LogP contribution is -2.10. The number of hydrogen-bond donors (Lipinski definition) is 2. The Morgan fingerprint density at radius 2 is 1.68 bits per heavy atom. The smallest absolute Gasteiger partial charge is 0.259 e. The number of amides is 1. The first-order chi connectivity index (χ1) is 13.3. The van der Waals surface area contributed by atoms with E-state index in [0.29, 0.717) is 28.4 Å². The second-order valence-electron chi connectivity index (χ2n) is 6.72. The van der Waals surface area contributed by atoms with E-state index in [-0.39, 0.29) is 5.91 Å². The normalized spacial score (nSPS) is 12.9. The zero-order chi connectivity index (χ0) is 19.9. The van der Waals surface area contributed by atoms with Gasteiger partial charge in [-0.3, -0.25) is 9.52 Å². The lowest BCUT2D eigenvalue weighted by molar-refractivity contribution is 0.102. The van der Waals surface area contributed by atoms with Crippen LogP contribution in [0.15, 0.2) is 60.7 Å². The largest absolute Gasteiger partial charge is 0.454 e. The molecule has 0 bridgehead atoms. The molecule has 142 valence electrons. The molecule has 2 N–H and O–H groups in total. The molecule has 0 aromatic heterocycles. The van der Waals surface area contributed by atoms with Crippen LogP contribution in [0.3, 0.4) is 0 Å². The number of carbonyl (C=O) groups is 1. The van der Waals surface area contributed by atoms with Crippen LogP contribution in [0, 0.1) is 6.92 Å². The quantitative estimate of drug-likeness (QED) is 0.690. The van der Waals surface area contributed by atoms with Crippen molar-refractivity contribution in [1.82, 2.24) is 0 Å². The molecule has 1 aliphatic rings. The van der Waals surface area contributed by atoms with Gasteiger partial charge in [-0.1, -0.05) is 24.3 Å². The standard InChI is InChI=1S/C21H18N2O4S/c1-13-6-8-20-18(10-13)22-21(24)17-12-15(7-9-19(17)27-20)14-4-3-5-16(11-14)23-28(2,25)26/h3-12,23H,1-2H3,(H,22,24). The second-order valence-corrected chi connectivity index (χ2v) is 8.47. The summed E-state index contributed by atoms with van der Waals surface area (Å²) in [5.74, 6) is 0.797. The average Bonchev–Trinajstić information content (AvgIpc) is 2.76. The van der Waals surface area contributed by atoms with Gasteiger partial charge in [-0.15, -0.1) is 0 Å². The Morgan fingerprint density at radius 1 is 0.929 bits per heavy atom. The summed E-state index contributed by atoms with van der Waals surface area (Å²) in [4.78, 5) is 12.7. The highest BCUT2D eigenvalue weighted by atomic mass is 32.2. The van der Waals surface area contributed by atoms with Crippen molar-refractivity contribution in [3.63, 3.8) is 0 Å². The molecule has 0 atom stereocenters. The Hall–Kier alpha value is -3.32. The van der Waals surface area contributed by atoms with Gasteiger partial charge in [0, 0.05) is 5.69 Å². The number of carbonyl (C=O) groups excluding carboxylic acids is 1. The first-order valence-corrected chi connectivity index (χ1v) is 10.5. The maximum absolute atomic E-state index is 12.7. The monoisotopic (exact) mass is 394 g/mol. The number of hydrogen-bond acceptors (Lipinski definition) is 4. The van der Waals surface area contributed by atoms with E-state index in [0.717, 1.165) is 22.9 Å². The minimum absolute atomic E-state index is 0.258. The molecular weight excluding hydrogens is 376 g/mol. The minimum atomic E-state index is -3.37. The fourth-order valence-electron chi connectivity index (χ4n) is 3.09. The Kier molecular flexibility index (Phi) is 4.31. The van der Waals surface area contributed by atoms with E-state index in [1.165, 1.54) is 0 Å². The SMILES string of the molecule is Cc1ccc2c(c1)NC(=O)c1cc(-c3cccc(NS(C)(=O)=O)c3)ccc1O2. The highest BCUT2D eigenvalue weighted by Gasteiger charge is 2.21. The molecule has 0 fully saturated rings. The molecule has 1 aliphatic heterocycles. The van der Waals surface area contributed by atoms with Crippen molar-refractivity contribution in [3.8, 4) is 22.6 Å². The number of fused-ring (bicyclic) bond motifs is 2. The Balaban J connectivity index is 1.73. The van der Waals surface area contributed by atoms with E-state index in [9.17, 15) is 13.2 Å². The minimum Gasteiger partial charge on any atom is -0.454 e. The molecule has 3 aromatic rings. The van der Waals surface area contributed by atoms with Crippen molar-refractivity contribution in [1.29, 1.82) is 0 Å². The summed E-state index contributed by atoms with van der Waals surface area (Å²) in [5, 5.41) is 2.88. The average molecular weight is 394 g/mol. The number of benzene rings is 3. The molecule has 6 nitrogen and oxygen atoms in total. The van der Waals surface area contributed by atoms with E-state index < -0.39 is 10.0 Å². The van der Waals surface area contributed by atoms with E-state index in [1.54, 1.807) is 30.3 Å². The van der Waals surface area contributed by atoms with E-state index >= 15 is 0 Å². The number of nitrogens with one attached hydrogen (secondary N) is 2. The maximum atomic E-state index is 12.7. The van der Waals surface area contributed by atoms with Crippen LogP contribution in [0.25, 0.3) is 11.1 Å². The predicted octanol–water partition coefficient (Wildman–Crippen LogP) is 4.39. The van der Waals surface area contributed by atoms with E-state index in [2.05, 4.69) is 10.0 Å². The number of aryl methyl sites for hydroxylation is 1. The second kappa shape index (κ2) is 6.69. The lowest BCUT2D eigenvalue weighted by Gasteiger charge is -2.10. The summed E-state index contributed by atoms with van der Waals surface area (Å²) in [5.41, 5.74) is 4.07. The van der Waals surface area contributed by atoms with Crippen LogP contribution in [-0.4, -0.2) is 20.6 Å². The van der Waals surface area contributed by atoms with Crippen LogP contribution < -0.4 is 14.8 Å². The lowest BCUT2D eigenvalue weighted by atomic mass is 10.0. The van der Waals surface area contributed by atoms with Crippen molar-refractivity contribution in [2.75, 3.05) is 16.3 Å². The summed E-state index contributed by atoms with van der Waals surface area (Å²) >= 11 is 0. The fraction of sp³-hybridized carbons (Fsp3) is 0.0952. The Bertz CT molecular complexity index is 1200. The summed E-state index contributed by atoms with van der Waals surface area (Å²) < 4.78 is 31.3. The summed E-state index contributed by atoms with van der Waals surface area (Å²) in [6, 6.07) is 17.9. The molecule has 0 spiro atoms. The van der Waals surface area contributed by atoms with Crippen LogP contribution in [0.1, 0.15) is 15.9 Å². The maximum Gasteiger partial charge on any atom is 0.259 e. The zero-order valence-electron chi connectivity index (χ0n) is 15.3. The topological polar surface area (TPSA) is 84.5 Å². The number of anilines is 2. The van der Waals surface area contributed by atoms with Gasteiger partial charge in [0.25, 0.3) is 5.91 Å². The van der Waals surface area contributed by atoms with E-state index in [1.807, 2.05) is 37.3 Å². The molecule has 1 amide bonds. The van der Waals surface area contributed by atoms with Gasteiger partial charge in [-0.25, -0.2) is 8.42 Å². The Morgan fingerprint density at radius 3 is 2.46 bits per heavy atom. The Labute approximate surface area is 163 Å². The van der Waals surface area contributed by atoms with Gasteiger partial charge in [0.2, 0.25) is 10.0 Å². The predicted molar refractivity (Wildman–Crippen MR) is 110 cm³/mol. The number of ether oxygens (including phenoxy) is 1. The number of rotatable bonds is 3. The van der Waals surface area contributed by atoms with Crippen LogP contribution in [-0.2, 0) is 10.0 Å². The highest BCUT2D eigenvalue weighted by molar-refractivity contribution is 7.92. The molecule has 1 heterocycles. The van der Waals surface area contributed by atoms with Crippen LogP contribution >= 0.6 is 0 Å². The third-order valence-electron chi connectivity index (χ3n) is 4.33. The van der Waals surface area contributed by atoms with Gasteiger partial charge in [-0.05, 0) is 60.0 Å². The molecule has 0 saturated carbocycles. The molecule has 3 aromatic carbocycles. The van der Waals surface area contributed by atoms with Crippen LogP contribution in [0.2, 0.25) is 0 Å². The van der Waals surface area contributed by atoms with Gasteiger partial charge in [-0.2, -0.15) is 0 Å². The number of sulfonamides is 1. The van der Waals surface area contributed by atoms with Gasteiger partial charge in [0.15, 0.2) is 5.75 Å². The summed E-state index contributed by atoms with van der Waals surface area (Å²) in [6.45, 7) is 1.94. The van der Waals surface area contributed by atoms with Gasteiger partial charge < -0.3 is 10.1 Å². The summed E-state index contributed by atoms with van der Waals surface area (Å²) in [6.07, 6.45) is 1.10. The van der Waals surface area contributed by atoms with Gasteiger partial charge in [0.1, 0.15) is 5.75 Å². The van der Waals surface area contributed by atoms with Crippen molar-refractivity contribution in [2.45, 2.75) is 6.92 Å². The molecule has 28 heavy (non-hydrogen) atoms. The van der Waals surface area contributed by atoms with Crippen molar-refractivity contribution in [2.24, 2.45) is 0 Å². The van der Waals surface area contributed by atoms with Crippen LogP contribution in [0.4, 0.5) is 11.4 Å². The van der Waals surface area contributed by atoms with Gasteiger partial charge >= 0.3 is 0 Å². The molecule has 4 rings (SSSR count). The third kappa shape index (κ3) is 3.70. The van der Waals surface area contributed by atoms with Crippen molar-refractivity contribution in [3.05, 3.63) is 71.8 Å². The molecule has 0 unspecified atom stereocenters. The first-order valence-electron chi connectivity index (χ1n) is 8.61.